The van der Waals surface area contributed by atoms with E-state index in [2.05, 4.69) is 52.9 Å². The maximum Gasteiger partial charge on any atom is 0.0991 e. The molecule has 0 spiro atoms. The first-order valence-electron chi connectivity index (χ1n) is 5.49. The molecule has 0 unspecified atom stereocenters. The summed E-state index contributed by atoms with van der Waals surface area (Å²) in [6.07, 6.45) is 1.12. The highest BCUT2D eigenvalue weighted by molar-refractivity contribution is 14.1. The van der Waals surface area contributed by atoms with Gasteiger partial charge >= 0.3 is 0 Å². The lowest BCUT2D eigenvalue weighted by Crippen LogP contribution is -1.85. The summed E-state index contributed by atoms with van der Waals surface area (Å²) in [6, 6.07) is 18.5. The molecule has 2 aromatic carbocycles. The summed E-state index contributed by atoms with van der Waals surface area (Å²) in [7, 11) is 0. The van der Waals surface area contributed by atoms with E-state index < -0.39 is 0 Å². The first-order chi connectivity index (χ1) is 8.33. The van der Waals surface area contributed by atoms with Crippen molar-refractivity contribution in [3.05, 3.63) is 59.7 Å². The first-order valence-corrected chi connectivity index (χ1v) is 7.01. The Morgan fingerprint density at radius 3 is 1.88 bits per heavy atom. The van der Waals surface area contributed by atoms with Crippen LogP contribution in [0.1, 0.15) is 11.1 Å². The highest BCUT2D eigenvalue weighted by Gasteiger charge is 1.98. The summed E-state index contributed by atoms with van der Waals surface area (Å²) in [4.78, 5) is 0. The van der Waals surface area contributed by atoms with Crippen molar-refractivity contribution in [3.63, 3.8) is 0 Å². The zero-order valence-electron chi connectivity index (χ0n) is 9.36. The summed E-state index contributed by atoms with van der Waals surface area (Å²) in [5.41, 5.74) is 4.43. The maximum absolute atomic E-state index is 8.74. The number of hydrogen-bond donors (Lipinski definition) is 0. The molecule has 0 atom stereocenters. The molecule has 0 saturated heterocycles. The van der Waals surface area contributed by atoms with Crippen molar-refractivity contribution in [2.24, 2.45) is 0 Å². The van der Waals surface area contributed by atoms with Gasteiger partial charge in [-0.2, -0.15) is 5.26 Å². The summed E-state index contributed by atoms with van der Waals surface area (Å²) in [5, 5.41) is 8.74. The topological polar surface area (TPSA) is 23.8 Å². The van der Waals surface area contributed by atoms with Gasteiger partial charge in [0.15, 0.2) is 0 Å². The molecule has 0 aliphatic rings. The predicted molar refractivity (Wildman–Crippen MR) is 79.2 cm³/mol. The molecular weight excluding hydrogens is 321 g/mol. The van der Waals surface area contributed by atoms with Gasteiger partial charge in [0.25, 0.3) is 0 Å². The van der Waals surface area contributed by atoms with Gasteiger partial charge in [0.2, 0.25) is 0 Å². The Bertz CT molecular complexity index is 520. The lowest BCUT2D eigenvalue weighted by Gasteiger charge is -2.03. The van der Waals surface area contributed by atoms with E-state index in [1.54, 1.807) is 0 Å². The molecule has 0 N–H and O–H groups in total. The standard InChI is InChI=1S/C15H12IN/c16-10-9-12-1-5-14(6-2-12)15-7-3-13(11-17)4-8-15/h1-8H,9-10H2. The Hall–Kier alpha value is -1.34. The van der Waals surface area contributed by atoms with Crippen LogP contribution in [0.15, 0.2) is 48.5 Å². The smallest absolute Gasteiger partial charge is 0.0991 e. The van der Waals surface area contributed by atoms with Crippen LogP contribution in [0.25, 0.3) is 11.1 Å². The van der Waals surface area contributed by atoms with E-state index in [1.807, 2.05) is 24.3 Å². The molecule has 0 amide bonds. The fourth-order valence-electron chi connectivity index (χ4n) is 1.71. The predicted octanol–water partition coefficient (Wildman–Crippen LogP) is 4.20. The molecule has 0 bridgehead atoms. The monoisotopic (exact) mass is 333 g/mol. The van der Waals surface area contributed by atoms with Gasteiger partial charge in [0.1, 0.15) is 0 Å². The van der Waals surface area contributed by atoms with Gasteiger partial charge in [0, 0.05) is 4.43 Å². The lowest BCUT2D eigenvalue weighted by atomic mass is 10.0. The molecule has 0 aliphatic heterocycles. The molecule has 0 fully saturated rings. The molecule has 17 heavy (non-hydrogen) atoms. The maximum atomic E-state index is 8.74. The summed E-state index contributed by atoms with van der Waals surface area (Å²) in [6.45, 7) is 0. The zero-order valence-corrected chi connectivity index (χ0v) is 11.5. The van der Waals surface area contributed by atoms with Crippen molar-refractivity contribution >= 4 is 22.6 Å². The number of nitriles is 1. The van der Waals surface area contributed by atoms with Gasteiger partial charge in [0.05, 0.1) is 11.6 Å². The van der Waals surface area contributed by atoms with Crippen LogP contribution in [-0.4, -0.2) is 4.43 Å². The van der Waals surface area contributed by atoms with E-state index in [1.165, 1.54) is 11.1 Å². The molecule has 0 aliphatic carbocycles. The molecule has 2 heteroatoms. The van der Waals surface area contributed by atoms with E-state index in [0.717, 1.165) is 16.4 Å². The van der Waals surface area contributed by atoms with Gasteiger partial charge in [-0.25, -0.2) is 0 Å². The van der Waals surface area contributed by atoms with E-state index in [-0.39, 0.29) is 0 Å². The first kappa shape index (κ1) is 12.1. The Kier molecular flexibility index (Phi) is 4.16. The highest BCUT2D eigenvalue weighted by atomic mass is 127. The molecular formula is C15H12IN. The second-order valence-electron chi connectivity index (χ2n) is 3.83. The van der Waals surface area contributed by atoms with E-state index in [9.17, 15) is 0 Å². The fourth-order valence-corrected chi connectivity index (χ4v) is 2.33. The quantitative estimate of drug-likeness (QED) is 0.610. The number of benzene rings is 2. The van der Waals surface area contributed by atoms with Gasteiger partial charge in [-0.15, -0.1) is 0 Å². The number of aryl methyl sites for hydroxylation is 1. The van der Waals surface area contributed by atoms with E-state index >= 15 is 0 Å². The minimum Gasteiger partial charge on any atom is -0.192 e. The van der Waals surface area contributed by atoms with Crippen LogP contribution in [0.4, 0.5) is 0 Å². The Morgan fingerprint density at radius 1 is 0.882 bits per heavy atom. The van der Waals surface area contributed by atoms with Gasteiger partial charge in [-0.05, 0) is 35.2 Å². The van der Waals surface area contributed by atoms with Crippen LogP contribution in [0, 0.1) is 11.3 Å². The van der Waals surface area contributed by atoms with Crippen LogP contribution >= 0.6 is 22.6 Å². The Morgan fingerprint density at radius 2 is 1.41 bits per heavy atom. The molecule has 84 valence electrons. The normalized spacial score (nSPS) is 9.88. The van der Waals surface area contributed by atoms with Crippen LogP contribution in [0.3, 0.4) is 0 Å². The van der Waals surface area contributed by atoms with E-state index in [0.29, 0.717) is 5.56 Å². The third kappa shape index (κ3) is 3.07. The van der Waals surface area contributed by atoms with Gasteiger partial charge < -0.3 is 0 Å². The molecule has 0 aromatic heterocycles. The average Bonchev–Trinajstić information content (AvgIpc) is 2.40. The third-order valence-corrected chi connectivity index (χ3v) is 3.22. The lowest BCUT2D eigenvalue weighted by molar-refractivity contribution is 1.18. The molecule has 1 nitrogen and oxygen atoms in total. The average molecular weight is 333 g/mol. The van der Waals surface area contributed by atoms with Gasteiger partial charge in [-0.3, -0.25) is 0 Å². The molecule has 0 radical (unpaired) electrons. The van der Waals surface area contributed by atoms with Crippen molar-refractivity contribution in [2.75, 3.05) is 4.43 Å². The highest BCUT2D eigenvalue weighted by Crippen LogP contribution is 2.20. The fraction of sp³-hybridized carbons (Fsp3) is 0.133. The van der Waals surface area contributed by atoms with Crippen LogP contribution in [0.5, 0.6) is 0 Å². The Balaban J connectivity index is 2.24. The molecule has 0 heterocycles. The minimum absolute atomic E-state index is 0.704. The van der Waals surface area contributed by atoms with Crippen molar-refractivity contribution < 1.29 is 0 Å². The summed E-state index contributed by atoms with van der Waals surface area (Å²) >= 11 is 2.39. The van der Waals surface area contributed by atoms with Crippen LogP contribution < -0.4 is 0 Å². The summed E-state index contributed by atoms with van der Waals surface area (Å²) < 4.78 is 1.15. The zero-order chi connectivity index (χ0) is 12.1. The van der Waals surface area contributed by atoms with Crippen LogP contribution in [0.2, 0.25) is 0 Å². The minimum atomic E-state index is 0.704. The second-order valence-corrected chi connectivity index (χ2v) is 4.90. The van der Waals surface area contributed by atoms with Crippen molar-refractivity contribution in [1.82, 2.24) is 0 Å². The molecule has 0 saturated carbocycles. The van der Waals surface area contributed by atoms with Crippen LogP contribution in [-0.2, 0) is 6.42 Å². The van der Waals surface area contributed by atoms with Crippen molar-refractivity contribution in [2.45, 2.75) is 6.42 Å². The second kappa shape index (κ2) is 5.83. The molecule has 2 rings (SSSR count). The van der Waals surface area contributed by atoms with E-state index in [4.69, 9.17) is 5.26 Å². The van der Waals surface area contributed by atoms with Gasteiger partial charge in [-0.1, -0.05) is 59.0 Å². The summed E-state index contributed by atoms with van der Waals surface area (Å²) in [5.74, 6) is 0. The number of halogens is 1. The number of rotatable bonds is 3. The number of hydrogen-bond acceptors (Lipinski definition) is 1. The largest absolute Gasteiger partial charge is 0.192 e. The van der Waals surface area contributed by atoms with Crippen molar-refractivity contribution in [3.8, 4) is 17.2 Å². The SMILES string of the molecule is N#Cc1ccc(-c2ccc(CCI)cc2)cc1. The number of nitrogens with zero attached hydrogens (tertiary/aromatic N) is 1. The molecule has 2 aromatic rings. The Labute approximate surface area is 115 Å². The third-order valence-electron chi connectivity index (χ3n) is 2.68. The number of alkyl halides is 1. The van der Waals surface area contributed by atoms with Crippen molar-refractivity contribution in [1.29, 1.82) is 5.26 Å².